The van der Waals surface area contributed by atoms with E-state index in [1.807, 2.05) is 6.07 Å². The van der Waals surface area contributed by atoms with Crippen LogP contribution in [0.15, 0.2) is 12.1 Å². The maximum Gasteiger partial charge on any atom is 0.0655 e. The number of nitrogens with one attached hydrogen (secondary N) is 1. The molecular weight excluding hydrogens is 315 g/mol. The number of anilines is 1. The molecule has 112 valence electrons. The Balaban J connectivity index is 1.94. The molecule has 2 nitrogen and oxygen atoms in total. The molecule has 1 N–H and O–H groups in total. The predicted molar refractivity (Wildman–Crippen MR) is 89.5 cm³/mol. The van der Waals surface area contributed by atoms with E-state index >= 15 is 0 Å². The molecule has 2 rings (SSSR count). The van der Waals surface area contributed by atoms with Gasteiger partial charge in [-0.05, 0) is 43.5 Å². The summed E-state index contributed by atoms with van der Waals surface area (Å²) in [5.74, 6) is 1.36. The van der Waals surface area contributed by atoms with Crippen LogP contribution in [0.25, 0.3) is 0 Å². The summed E-state index contributed by atoms with van der Waals surface area (Å²) >= 11 is 18.3. The highest BCUT2D eigenvalue weighted by atomic mass is 35.5. The van der Waals surface area contributed by atoms with Gasteiger partial charge in [-0.3, -0.25) is 0 Å². The van der Waals surface area contributed by atoms with Crippen LogP contribution in [0.3, 0.4) is 0 Å². The van der Waals surface area contributed by atoms with Gasteiger partial charge in [-0.15, -0.1) is 0 Å². The number of benzene rings is 1. The molecule has 20 heavy (non-hydrogen) atoms. The van der Waals surface area contributed by atoms with E-state index in [0.29, 0.717) is 26.9 Å². The molecule has 0 aromatic heterocycles. The SMILES string of the molecule is CC(C)CNCC1CCN(c2cc(Cl)c(Cl)cc2Cl)C1. The maximum atomic E-state index is 6.27. The van der Waals surface area contributed by atoms with Crippen molar-refractivity contribution in [2.24, 2.45) is 11.8 Å². The highest BCUT2D eigenvalue weighted by Gasteiger charge is 2.24. The lowest BCUT2D eigenvalue weighted by Crippen LogP contribution is -2.28. The van der Waals surface area contributed by atoms with Crippen LogP contribution in [-0.2, 0) is 0 Å². The van der Waals surface area contributed by atoms with Crippen molar-refractivity contribution in [3.05, 3.63) is 27.2 Å². The number of hydrogen-bond acceptors (Lipinski definition) is 2. The molecule has 0 saturated carbocycles. The summed E-state index contributed by atoms with van der Waals surface area (Å²) in [5.41, 5.74) is 0.993. The molecule has 0 spiro atoms. The highest BCUT2D eigenvalue weighted by Crippen LogP contribution is 2.36. The van der Waals surface area contributed by atoms with E-state index in [4.69, 9.17) is 34.8 Å². The van der Waals surface area contributed by atoms with Gasteiger partial charge in [0.2, 0.25) is 0 Å². The van der Waals surface area contributed by atoms with Crippen molar-refractivity contribution < 1.29 is 0 Å². The fourth-order valence-electron chi connectivity index (χ4n) is 2.55. The molecule has 1 unspecified atom stereocenters. The molecule has 1 aliphatic heterocycles. The van der Waals surface area contributed by atoms with Crippen LogP contribution >= 0.6 is 34.8 Å². The van der Waals surface area contributed by atoms with Crippen LogP contribution in [0.2, 0.25) is 15.1 Å². The van der Waals surface area contributed by atoms with Gasteiger partial charge in [0.05, 0.1) is 20.8 Å². The third-order valence-corrected chi connectivity index (χ3v) is 4.63. The smallest absolute Gasteiger partial charge is 0.0655 e. The zero-order chi connectivity index (χ0) is 14.7. The van der Waals surface area contributed by atoms with Crippen LogP contribution in [0.5, 0.6) is 0 Å². The van der Waals surface area contributed by atoms with Crippen molar-refractivity contribution in [2.45, 2.75) is 20.3 Å². The molecule has 0 aliphatic carbocycles. The average Bonchev–Trinajstić information content (AvgIpc) is 2.82. The van der Waals surface area contributed by atoms with E-state index in [2.05, 4.69) is 24.1 Å². The van der Waals surface area contributed by atoms with Crippen molar-refractivity contribution in [1.82, 2.24) is 5.32 Å². The third kappa shape index (κ3) is 4.17. The van der Waals surface area contributed by atoms with E-state index in [1.165, 1.54) is 6.42 Å². The molecular formula is C15H21Cl3N2. The monoisotopic (exact) mass is 334 g/mol. The minimum atomic E-state index is 0.509. The topological polar surface area (TPSA) is 15.3 Å². The Hall–Kier alpha value is -0.150. The van der Waals surface area contributed by atoms with Gasteiger partial charge in [-0.1, -0.05) is 48.7 Å². The Morgan fingerprint density at radius 1 is 1.20 bits per heavy atom. The van der Waals surface area contributed by atoms with Crippen LogP contribution < -0.4 is 10.2 Å². The first kappa shape index (κ1) is 16.2. The van der Waals surface area contributed by atoms with Crippen molar-refractivity contribution in [1.29, 1.82) is 0 Å². The summed E-state index contributed by atoms with van der Waals surface area (Å²) in [6.45, 7) is 8.62. The normalized spacial score (nSPS) is 19.1. The summed E-state index contributed by atoms with van der Waals surface area (Å²) in [4.78, 5) is 2.30. The first-order valence-electron chi connectivity index (χ1n) is 7.07. The van der Waals surface area contributed by atoms with Gasteiger partial charge in [0.1, 0.15) is 0 Å². The molecule has 1 aromatic carbocycles. The van der Waals surface area contributed by atoms with Gasteiger partial charge in [0, 0.05) is 13.1 Å². The zero-order valence-electron chi connectivity index (χ0n) is 11.9. The minimum Gasteiger partial charge on any atom is -0.370 e. The lowest BCUT2D eigenvalue weighted by Gasteiger charge is -2.21. The Kier molecular flexibility index (Phi) is 5.85. The average molecular weight is 336 g/mol. The molecule has 0 radical (unpaired) electrons. The molecule has 0 amide bonds. The van der Waals surface area contributed by atoms with Gasteiger partial charge in [-0.2, -0.15) is 0 Å². The predicted octanol–water partition coefficient (Wildman–Crippen LogP) is 4.72. The Morgan fingerprint density at radius 2 is 1.90 bits per heavy atom. The lowest BCUT2D eigenvalue weighted by atomic mass is 10.1. The Bertz CT molecular complexity index is 463. The Morgan fingerprint density at radius 3 is 2.60 bits per heavy atom. The second-order valence-corrected chi connectivity index (χ2v) is 7.09. The van der Waals surface area contributed by atoms with Crippen LogP contribution in [0, 0.1) is 11.8 Å². The zero-order valence-corrected chi connectivity index (χ0v) is 14.2. The van der Waals surface area contributed by atoms with Crippen molar-refractivity contribution in [3.63, 3.8) is 0 Å². The van der Waals surface area contributed by atoms with Crippen molar-refractivity contribution >= 4 is 40.5 Å². The van der Waals surface area contributed by atoms with Gasteiger partial charge >= 0.3 is 0 Å². The van der Waals surface area contributed by atoms with Crippen molar-refractivity contribution in [3.8, 4) is 0 Å². The molecule has 1 aromatic rings. The van der Waals surface area contributed by atoms with E-state index in [9.17, 15) is 0 Å². The quantitative estimate of drug-likeness (QED) is 0.783. The number of hydrogen-bond donors (Lipinski definition) is 1. The molecule has 1 aliphatic rings. The summed E-state index contributed by atoms with van der Waals surface area (Å²) < 4.78 is 0. The summed E-state index contributed by atoms with van der Waals surface area (Å²) in [5, 5.41) is 5.27. The number of halogens is 3. The molecule has 1 saturated heterocycles. The largest absolute Gasteiger partial charge is 0.370 e. The van der Waals surface area contributed by atoms with Gasteiger partial charge in [0.25, 0.3) is 0 Å². The van der Waals surface area contributed by atoms with Crippen molar-refractivity contribution in [2.75, 3.05) is 31.1 Å². The fraction of sp³-hybridized carbons (Fsp3) is 0.600. The molecule has 5 heteroatoms. The van der Waals surface area contributed by atoms with Crippen LogP contribution in [0.1, 0.15) is 20.3 Å². The van der Waals surface area contributed by atoms with Gasteiger partial charge in [0.15, 0.2) is 0 Å². The minimum absolute atomic E-state index is 0.509. The van der Waals surface area contributed by atoms with E-state index in [0.717, 1.165) is 31.9 Å². The second-order valence-electron chi connectivity index (χ2n) is 5.87. The lowest BCUT2D eigenvalue weighted by molar-refractivity contribution is 0.477. The first-order chi connectivity index (χ1) is 9.47. The number of nitrogens with zero attached hydrogens (tertiary/aromatic N) is 1. The highest BCUT2D eigenvalue weighted by molar-refractivity contribution is 6.44. The standard InChI is InChI=1S/C15H21Cl3N2/c1-10(2)7-19-8-11-3-4-20(9-11)15-6-13(17)12(16)5-14(15)18/h5-6,10-11,19H,3-4,7-9H2,1-2H3. The van der Waals surface area contributed by atoms with Crippen LogP contribution in [0.4, 0.5) is 5.69 Å². The molecule has 1 heterocycles. The van der Waals surface area contributed by atoms with E-state index < -0.39 is 0 Å². The summed E-state index contributed by atoms with van der Waals surface area (Å²) in [6, 6.07) is 3.60. The van der Waals surface area contributed by atoms with Gasteiger partial charge < -0.3 is 10.2 Å². The maximum absolute atomic E-state index is 6.27. The third-order valence-electron chi connectivity index (χ3n) is 3.60. The first-order valence-corrected chi connectivity index (χ1v) is 8.21. The summed E-state index contributed by atoms with van der Waals surface area (Å²) in [7, 11) is 0. The molecule has 0 bridgehead atoms. The molecule has 1 atom stereocenters. The van der Waals surface area contributed by atoms with E-state index in [1.54, 1.807) is 6.07 Å². The second kappa shape index (κ2) is 7.22. The number of rotatable bonds is 5. The molecule has 1 fully saturated rings. The Labute approximate surface area is 136 Å². The van der Waals surface area contributed by atoms with E-state index in [-0.39, 0.29) is 0 Å². The fourth-order valence-corrected chi connectivity index (χ4v) is 3.21. The van der Waals surface area contributed by atoms with Gasteiger partial charge in [-0.25, -0.2) is 0 Å². The van der Waals surface area contributed by atoms with Crippen LogP contribution in [-0.4, -0.2) is 26.2 Å². The summed E-state index contributed by atoms with van der Waals surface area (Å²) in [6.07, 6.45) is 1.18.